The fraction of sp³-hybridized carbons (Fsp3) is 0.190. The predicted molar refractivity (Wildman–Crippen MR) is 108 cm³/mol. The summed E-state index contributed by atoms with van der Waals surface area (Å²) in [5.41, 5.74) is 3.89. The zero-order chi connectivity index (χ0) is 20.3. The van der Waals surface area contributed by atoms with Gasteiger partial charge in [0.1, 0.15) is 11.1 Å². The molecule has 0 bridgehead atoms. The highest BCUT2D eigenvalue weighted by Crippen LogP contribution is 2.22. The highest BCUT2D eigenvalue weighted by atomic mass is 32.1. The Morgan fingerprint density at radius 3 is 2.36 bits per heavy atom. The second-order valence-corrected chi connectivity index (χ2v) is 7.23. The van der Waals surface area contributed by atoms with E-state index in [1.54, 1.807) is 23.6 Å². The number of rotatable bonds is 5. The van der Waals surface area contributed by atoms with Crippen LogP contribution >= 0.6 is 11.3 Å². The average molecular weight is 393 g/mol. The van der Waals surface area contributed by atoms with E-state index < -0.39 is 18.0 Å². The van der Waals surface area contributed by atoms with E-state index in [2.05, 4.69) is 9.88 Å². The Morgan fingerprint density at radius 2 is 1.75 bits per heavy atom. The van der Waals surface area contributed by atoms with Crippen LogP contribution in [0.4, 0.5) is 5.00 Å². The summed E-state index contributed by atoms with van der Waals surface area (Å²) < 4.78 is 7.34. The SMILES string of the molecule is Cc1ccc(C)n1-c1ccc(C(=O)O[C@@H](C)C(=O)Nc2sccc2C#N)cc1. The van der Waals surface area contributed by atoms with Gasteiger partial charge in [-0.1, -0.05) is 0 Å². The average Bonchev–Trinajstić information content (AvgIpc) is 3.27. The summed E-state index contributed by atoms with van der Waals surface area (Å²) in [5, 5.41) is 13.8. The van der Waals surface area contributed by atoms with Crippen LogP contribution < -0.4 is 5.32 Å². The van der Waals surface area contributed by atoms with Gasteiger partial charge in [-0.3, -0.25) is 4.79 Å². The maximum atomic E-state index is 12.4. The van der Waals surface area contributed by atoms with Gasteiger partial charge in [0.05, 0.1) is 11.1 Å². The molecule has 1 atom stereocenters. The van der Waals surface area contributed by atoms with Crippen LogP contribution in [0.1, 0.15) is 34.2 Å². The highest BCUT2D eigenvalue weighted by molar-refractivity contribution is 7.14. The van der Waals surface area contributed by atoms with Gasteiger partial charge < -0.3 is 14.6 Å². The number of carbonyl (C=O) groups excluding carboxylic acids is 2. The first kappa shape index (κ1) is 19.4. The first-order valence-corrected chi connectivity index (χ1v) is 9.53. The number of aryl methyl sites for hydroxylation is 2. The Hall–Kier alpha value is -3.37. The summed E-state index contributed by atoms with van der Waals surface area (Å²) in [7, 11) is 0. The number of nitrogens with zero attached hydrogens (tertiary/aromatic N) is 2. The lowest BCUT2D eigenvalue weighted by Gasteiger charge is -2.14. The van der Waals surface area contributed by atoms with E-state index in [1.807, 2.05) is 44.2 Å². The van der Waals surface area contributed by atoms with E-state index in [0.717, 1.165) is 17.1 Å². The number of ether oxygens (including phenoxy) is 1. The van der Waals surface area contributed by atoms with Crippen molar-refractivity contribution in [1.82, 2.24) is 4.57 Å². The van der Waals surface area contributed by atoms with Crippen LogP contribution in [0.25, 0.3) is 5.69 Å². The summed E-state index contributed by atoms with van der Waals surface area (Å²) >= 11 is 1.24. The first-order chi connectivity index (χ1) is 13.4. The number of carbonyl (C=O) groups is 2. The number of amides is 1. The third-order valence-electron chi connectivity index (χ3n) is 4.31. The molecule has 3 rings (SSSR count). The molecule has 1 amide bonds. The Kier molecular flexibility index (Phi) is 5.62. The van der Waals surface area contributed by atoms with Crippen molar-refractivity contribution in [3.8, 4) is 11.8 Å². The fourth-order valence-corrected chi connectivity index (χ4v) is 3.55. The molecule has 2 heterocycles. The molecule has 142 valence electrons. The molecule has 0 aliphatic carbocycles. The minimum atomic E-state index is -0.991. The molecule has 0 saturated carbocycles. The molecule has 3 aromatic rings. The van der Waals surface area contributed by atoms with Crippen LogP contribution in [-0.2, 0) is 9.53 Å². The number of hydrogen-bond acceptors (Lipinski definition) is 5. The molecule has 0 aliphatic rings. The predicted octanol–water partition coefficient (Wildman–Crippen LogP) is 4.21. The third kappa shape index (κ3) is 3.97. The number of esters is 1. The Morgan fingerprint density at radius 1 is 1.11 bits per heavy atom. The van der Waals surface area contributed by atoms with Gasteiger partial charge in [-0.05, 0) is 68.6 Å². The van der Waals surface area contributed by atoms with Crippen molar-refractivity contribution in [2.45, 2.75) is 26.9 Å². The lowest BCUT2D eigenvalue weighted by atomic mass is 10.2. The monoisotopic (exact) mass is 393 g/mol. The number of benzene rings is 1. The van der Waals surface area contributed by atoms with E-state index in [1.165, 1.54) is 18.3 Å². The molecule has 1 aromatic carbocycles. The molecule has 0 fully saturated rings. The second kappa shape index (κ2) is 8.11. The van der Waals surface area contributed by atoms with Gasteiger partial charge in [0, 0.05) is 17.1 Å². The van der Waals surface area contributed by atoms with Crippen LogP contribution in [0.5, 0.6) is 0 Å². The summed E-state index contributed by atoms with van der Waals surface area (Å²) in [4.78, 5) is 24.6. The zero-order valence-corrected chi connectivity index (χ0v) is 16.5. The second-order valence-electron chi connectivity index (χ2n) is 6.31. The van der Waals surface area contributed by atoms with Crippen LogP contribution in [-0.4, -0.2) is 22.5 Å². The largest absolute Gasteiger partial charge is 0.449 e. The van der Waals surface area contributed by atoms with E-state index in [0.29, 0.717) is 16.1 Å². The number of anilines is 1. The molecule has 0 spiro atoms. The van der Waals surface area contributed by atoms with Crippen LogP contribution in [0.2, 0.25) is 0 Å². The first-order valence-electron chi connectivity index (χ1n) is 8.65. The standard InChI is InChI=1S/C21H19N3O3S/c1-13-4-5-14(2)24(13)18-8-6-16(7-9-18)21(26)27-15(3)19(25)23-20-17(12-22)10-11-28-20/h4-11,15H,1-3H3,(H,23,25)/t15-/m0/s1. The molecule has 1 N–H and O–H groups in total. The van der Waals surface area contributed by atoms with Gasteiger partial charge in [0.25, 0.3) is 5.91 Å². The number of hydrogen-bond donors (Lipinski definition) is 1. The van der Waals surface area contributed by atoms with Gasteiger partial charge >= 0.3 is 5.97 Å². The van der Waals surface area contributed by atoms with Crippen molar-refractivity contribution < 1.29 is 14.3 Å². The Balaban J connectivity index is 1.66. The number of thiophene rings is 1. The molecule has 28 heavy (non-hydrogen) atoms. The molecular weight excluding hydrogens is 374 g/mol. The summed E-state index contributed by atoms with van der Waals surface area (Å²) in [6.07, 6.45) is -0.991. The van der Waals surface area contributed by atoms with Crippen molar-refractivity contribution in [2.75, 3.05) is 5.32 Å². The molecule has 0 unspecified atom stereocenters. The van der Waals surface area contributed by atoms with E-state index in [-0.39, 0.29) is 0 Å². The van der Waals surface area contributed by atoms with Gasteiger partial charge in [0.15, 0.2) is 6.10 Å². The van der Waals surface area contributed by atoms with Gasteiger partial charge in [-0.25, -0.2) is 4.79 Å². The van der Waals surface area contributed by atoms with Crippen molar-refractivity contribution in [3.63, 3.8) is 0 Å². The number of nitrogens with one attached hydrogen (secondary N) is 1. The minimum absolute atomic E-state index is 0.361. The molecule has 0 radical (unpaired) electrons. The van der Waals surface area contributed by atoms with Crippen molar-refractivity contribution in [1.29, 1.82) is 5.26 Å². The Bertz CT molecular complexity index is 1040. The molecule has 0 saturated heterocycles. The normalized spacial score (nSPS) is 11.5. The van der Waals surface area contributed by atoms with Crippen molar-refractivity contribution in [3.05, 3.63) is 70.4 Å². The van der Waals surface area contributed by atoms with Gasteiger partial charge in [-0.15, -0.1) is 11.3 Å². The molecular formula is C21H19N3O3S. The summed E-state index contributed by atoms with van der Waals surface area (Å²) in [5.74, 6) is -1.07. The summed E-state index contributed by atoms with van der Waals surface area (Å²) in [6.45, 7) is 5.52. The van der Waals surface area contributed by atoms with Crippen LogP contribution in [0, 0.1) is 25.2 Å². The maximum absolute atomic E-state index is 12.4. The van der Waals surface area contributed by atoms with E-state index >= 15 is 0 Å². The lowest BCUT2D eigenvalue weighted by molar-refractivity contribution is -0.123. The molecule has 0 aliphatic heterocycles. The van der Waals surface area contributed by atoms with Gasteiger partial charge in [-0.2, -0.15) is 5.26 Å². The number of aromatic nitrogens is 1. The van der Waals surface area contributed by atoms with Crippen molar-refractivity contribution >= 4 is 28.2 Å². The topological polar surface area (TPSA) is 84.1 Å². The smallest absolute Gasteiger partial charge is 0.338 e. The fourth-order valence-electron chi connectivity index (χ4n) is 2.81. The lowest BCUT2D eigenvalue weighted by Crippen LogP contribution is -2.29. The Labute approximate surface area is 167 Å². The van der Waals surface area contributed by atoms with Crippen LogP contribution in [0.3, 0.4) is 0 Å². The van der Waals surface area contributed by atoms with Gasteiger partial charge in [0.2, 0.25) is 0 Å². The molecule has 2 aromatic heterocycles. The number of nitriles is 1. The quantitative estimate of drug-likeness (QED) is 0.658. The van der Waals surface area contributed by atoms with E-state index in [4.69, 9.17) is 10.00 Å². The molecule has 7 heteroatoms. The maximum Gasteiger partial charge on any atom is 0.338 e. The minimum Gasteiger partial charge on any atom is -0.449 e. The van der Waals surface area contributed by atoms with E-state index in [9.17, 15) is 9.59 Å². The third-order valence-corrected chi connectivity index (χ3v) is 5.14. The van der Waals surface area contributed by atoms with Crippen LogP contribution in [0.15, 0.2) is 47.8 Å². The zero-order valence-electron chi connectivity index (χ0n) is 15.7. The highest BCUT2D eigenvalue weighted by Gasteiger charge is 2.20. The van der Waals surface area contributed by atoms with Crippen molar-refractivity contribution in [2.24, 2.45) is 0 Å². The summed E-state index contributed by atoms with van der Waals surface area (Å²) in [6, 6.07) is 14.7. The molecule has 6 nitrogen and oxygen atoms in total.